The molecular formula is C16H20Cl3F2N3O2. The lowest BCUT2D eigenvalue weighted by atomic mass is 10.1. The molecule has 1 heterocycles. The minimum Gasteiger partial charge on any atom is -0.370 e. The molecule has 0 radical (unpaired) electrons. The molecule has 1 fully saturated rings. The van der Waals surface area contributed by atoms with Crippen molar-refractivity contribution in [1.82, 2.24) is 10.2 Å². The molecule has 0 aliphatic carbocycles. The summed E-state index contributed by atoms with van der Waals surface area (Å²) in [5, 5.41) is 3.78. The van der Waals surface area contributed by atoms with Crippen LogP contribution in [0.1, 0.15) is 24.8 Å². The van der Waals surface area contributed by atoms with E-state index in [1.54, 1.807) is 18.2 Å². The maximum absolute atomic E-state index is 13.3. The second kappa shape index (κ2) is 9.69. The highest BCUT2D eigenvalue weighted by Crippen LogP contribution is 2.27. The van der Waals surface area contributed by atoms with Gasteiger partial charge >= 0.3 is 0 Å². The molecule has 1 aliphatic rings. The predicted octanol–water partition coefficient (Wildman–Crippen LogP) is 3.01. The molecule has 0 unspecified atom stereocenters. The first-order valence-corrected chi connectivity index (χ1v) is 8.56. The Morgan fingerprint density at radius 3 is 2.54 bits per heavy atom. The second-order valence-electron chi connectivity index (χ2n) is 6.05. The molecule has 1 aromatic carbocycles. The first-order chi connectivity index (χ1) is 11.7. The summed E-state index contributed by atoms with van der Waals surface area (Å²) in [5.74, 6) is -3.88. The number of nitrogens with one attached hydrogen (secondary N) is 1. The molecule has 26 heavy (non-hydrogen) atoms. The summed E-state index contributed by atoms with van der Waals surface area (Å²) in [6, 6.07) is 4.23. The van der Waals surface area contributed by atoms with Crippen molar-refractivity contribution in [3.05, 3.63) is 33.8 Å². The number of hydrogen-bond donors (Lipinski definition) is 2. The number of likely N-dealkylation sites (tertiary alicyclic amines) is 1. The van der Waals surface area contributed by atoms with Gasteiger partial charge in [0.1, 0.15) is 0 Å². The Kier molecular flexibility index (Phi) is 8.53. The van der Waals surface area contributed by atoms with Crippen molar-refractivity contribution >= 4 is 47.4 Å². The zero-order valence-corrected chi connectivity index (χ0v) is 16.1. The maximum atomic E-state index is 13.3. The van der Waals surface area contributed by atoms with Crippen LogP contribution in [0.15, 0.2) is 18.2 Å². The fraction of sp³-hybridized carbons (Fsp3) is 0.500. The van der Waals surface area contributed by atoms with Crippen LogP contribution in [0.5, 0.6) is 0 Å². The molecular weight excluding hydrogens is 411 g/mol. The summed E-state index contributed by atoms with van der Waals surface area (Å²) in [5.41, 5.74) is 5.91. The van der Waals surface area contributed by atoms with Crippen molar-refractivity contribution in [2.24, 2.45) is 5.73 Å². The Labute approximate surface area is 166 Å². The lowest BCUT2D eigenvalue weighted by molar-refractivity contribution is -0.134. The van der Waals surface area contributed by atoms with E-state index in [4.69, 9.17) is 28.9 Å². The number of benzene rings is 1. The fourth-order valence-electron chi connectivity index (χ4n) is 2.63. The summed E-state index contributed by atoms with van der Waals surface area (Å²) in [7, 11) is 0. The van der Waals surface area contributed by atoms with Crippen molar-refractivity contribution in [3.63, 3.8) is 0 Å². The quantitative estimate of drug-likeness (QED) is 0.698. The third kappa shape index (κ3) is 6.54. The van der Waals surface area contributed by atoms with E-state index in [2.05, 4.69) is 5.32 Å². The number of carbonyl (C=O) groups excluding carboxylic acids is 2. The molecule has 1 saturated heterocycles. The summed E-state index contributed by atoms with van der Waals surface area (Å²) < 4.78 is 26.7. The van der Waals surface area contributed by atoms with Crippen LogP contribution >= 0.6 is 35.6 Å². The van der Waals surface area contributed by atoms with Crippen LogP contribution < -0.4 is 11.1 Å². The van der Waals surface area contributed by atoms with Crippen LogP contribution in [0.4, 0.5) is 8.78 Å². The molecule has 146 valence electrons. The van der Waals surface area contributed by atoms with Gasteiger partial charge in [0.25, 0.3) is 5.92 Å². The lowest BCUT2D eigenvalue weighted by Gasteiger charge is -2.24. The Morgan fingerprint density at radius 1 is 1.31 bits per heavy atom. The highest BCUT2D eigenvalue weighted by atomic mass is 35.5. The third-order valence-corrected chi connectivity index (χ3v) is 4.73. The predicted molar refractivity (Wildman–Crippen MR) is 98.9 cm³/mol. The molecule has 0 saturated carbocycles. The van der Waals surface area contributed by atoms with E-state index in [-0.39, 0.29) is 44.8 Å². The van der Waals surface area contributed by atoms with E-state index in [9.17, 15) is 18.4 Å². The van der Waals surface area contributed by atoms with Crippen LogP contribution in [0.2, 0.25) is 10.0 Å². The van der Waals surface area contributed by atoms with Gasteiger partial charge < -0.3 is 16.0 Å². The van der Waals surface area contributed by atoms with E-state index in [1.807, 2.05) is 0 Å². The van der Waals surface area contributed by atoms with Crippen LogP contribution in [0.25, 0.3) is 0 Å². The minimum absolute atomic E-state index is 0. The standard InChI is InChI=1S/C16H19Cl2F2N3O2.ClH/c17-11-2-1-10(7-12(11)18)8-22-13(3-4-14(21)24)15(25)23-6-5-16(19,20)9-23;/h1-2,7,13,22H,3-6,8-9H2,(H2,21,24);1H/t13-;/m0./s1. The van der Waals surface area contributed by atoms with E-state index < -0.39 is 30.3 Å². The van der Waals surface area contributed by atoms with Gasteiger partial charge in [-0.15, -0.1) is 12.4 Å². The Hall–Kier alpha value is -1.15. The molecule has 1 atom stereocenters. The molecule has 5 nitrogen and oxygen atoms in total. The number of nitrogens with zero attached hydrogens (tertiary/aromatic N) is 1. The van der Waals surface area contributed by atoms with Crippen molar-refractivity contribution < 1.29 is 18.4 Å². The molecule has 2 amide bonds. The number of amides is 2. The van der Waals surface area contributed by atoms with Crippen molar-refractivity contribution in [2.75, 3.05) is 13.1 Å². The van der Waals surface area contributed by atoms with Crippen LogP contribution in [0.3, 0.4) is 0 Å². The highest BCUT2D eigenvalue weighted by molar-refractivity contribution is 6.42. The Bertz CT molecular complexity index is 662. The molecule has 0 bridgehead atoms. The first kappa shape index (κ1) is 22.9. The van der Waals surface area contributed by atoms with Crippen LogP contribution in [0, 0.1) is 0 Å². The van der Waals surface area contributed by atoms with Gasteiger partial charge in [0.2, 0.25) is 11.8 Å². The normalized spacial score (nSPS) is 16.8. The smallest absolute Gasteiger partial charge is 0.267 e. The minimum atomic E-state index is -2.87. The van der Waals surface area contributed by atoms with Gasteiger partial charge in [-0.3, -0.25) is 9.59 Å². The van der Waals surface area contributed by atoms with Gasteiger partial charge in [0, 0.05) is 25.9 Å². The zero-order valence-electron chi connectivity index (χ0n) is 13.8. The largest absolute Gasteiger partial charge is 0.370 e. The summed E-state index contributed by atoms with van der Waals surface area (Å²) in [6.07, 6.45) is -0.235. The van der Waals surface area contributed by atoms with Crippen molar-refractivity contribution in [2.45, 2.75) is 37.8 Å². The van der Waals surface area contributed by atoms with E-state index in [0.717, 1.165) is 10.5 Å². The van der Waals surface area contributed by atoms with Gasteiger partial charge in [-0.1, -0.05) is 29.3 Å². The summed E-state index contributed by atoms with van der Waals surface area (Å²) in [6.45, 7) is -0.336. The molecule has 2 rings (SSSR count). The highest BCUT2D eigenvalue weighted by Gasteiger charge is 2.41. The van der Waals surface area contributed by atoms with Crippen LogP contribution in [-0.2, 0) is 16.1 Å². The van der Waals surface area contributed by atoms with Gasteiger partial charge in [-0.2, -0.15) is 0 Å². The summed E-state index contributed by atoms with van der Waals surface area (Å²) >= 11 is 11.8. The SMILES string of the molecule is Cl.NC(=O)CC[C@H](NCc1ccc(Cl)c(Cl)c1)C(=O)N1CCC(F)(F)C1. The number of nitrogens with two attached hydrogens (primary N) is 1. The van der Waals surface area contributed by atoms with E-state index in [0.29, 0.717) is 10.0 Å². The first-order valence-electron chi connectivity index (χ1n) is 7.80. The van der Waals surface area contributed by atoms with Gasteiger partial charge in [-0.25, -0.2) is 8.78 Å². The maximum Gasteiger partial charge on any atom is 0.267 e. The number of hydrogen-bond acceptors (Lipinski definition) is 3. The molecule has 0 aromatic heterocycles. The summed E-state index contributed by atoms with van der Waals surface area (Å²) in [4.78, 5) is 24.7. The van der Waals surface area contributed by atoms with Crippen molar-refractivity contribution in [1.29, 1.82) is 0 Å². The molecule has 1 aromatic rings. The fourth-order valence-corrected chi connectivity index (χ4v) is 2.96. The monoisotopic (exact) mass is 429 g/mol. The number of alkyl halides is 2. The number of halogens is 5. The lowest BCUT2D eigenvalue weighted by Crippen LogP contribution is -2.46. The molecule has 3 N–H and O–H groups in total. The molecule has 1 aliphatic heterocycles. The van der Waals surface area contributed by atoms with Gasteiger partial charge in [0.15, 0.2) is 0 Å². The molecule has 0 spiro atoms. The van der Waals surface area contributed by atoms with E-state index in [1.165, 1.54) is 0 Å². The molecule has 10 heteroatoms. The number of primary amides is 1. The second-order valence-corrected chi connectivity index (χ2v) is 6.87. The third-order valence-electron chi connectivity index (χ3n) is 4.00. The van der Waals surface area contributed by atoms with Gasteiger partial charge in [-0.05, 0) is 24.1 Å². The zero-order chi connectivity index (χ0) is 18.6. The van der Waals surface area contributed by atoms with Crippen LogP contribution in [-0.4, -0.2) is 41.8 Å². The number of rotatable bonds is 7. The van der Waals surface area contributed by atoms with Gasteiger partial charge in [0.05, 0.1) is 22.6 Å². The average molecular weight is 431 g/mol. The average Bonchev–Trinajstić information content (AvgIpc) is 2.90. The number of carbonyl (C=O) groups is 2. The Morgan fingerprint density at radius 2 is 2.00 bits per heavy atom. The topological polar surface area (TPSA) is 75.4 Å². The Balaban J connectivity index is 0.00000338. The van der Waals surface area contributed by atoms with Crippen molar-refractivity contribution in [3.8, 4) is 0 Å². The van der Waals surface area contributed by atoms with E-state index >= 15 is 0 Å².